The Kier molecular flexibility index (Phi) is 9.29. The molecule has 2 aromatic heterocycles. The van der Waals surface area contributed by atoms with E-state index in [2.05, 4.69) is 10.6 Å². The summed E-state index contributed by atoms with van der Waals surface area (Å²) in [6.45, 7) is 9.64. The van der Waals surface area contributed by atoms with Crippen molar-refractivity contribution in [2.75, 3.05) is 44.5 Å². The van der Waals surface area contributed by atoms with Crippen molar-refractivity contribution < 1.29 is 27.4 Å². The maximum absolute atomic E-state index is 12.3. The Morgan fingerprint density at radius 2 is 1.91 bits per heavy atom. The van der Waals surface area contributed by atoms with Crippen LogP contribution in [-0.2, 0) is 24.0 Å². The minimum Gasteiger partial charge on any atom is -0.444 e. The van der Waals surface area contributed by atoms with Gasteiger partial charge < -0.3 is 24.8 Å². The highest BCUT2D eigenvalue weighted by Crippen LogP contribution is 2.47. The Morgan fingerprint density at radius 1 is 1.14 bits per heavy atom. The predicted octanol–water partition coefficient (Wildman–Crippen LogP) is 5.34. The molecule has 43 heavy (non-hydrogen) atoms. The number of aromatic nitrogens is 3. The first-order valence-electron chi connectivity index (χ1n) is 15.0. The molecule has 234 valence electrons. The Balaban J connectivity index is 1.40. The zero-order chi connectivity index (χ0) is 30.8. The van der Waals surface area contributed by atoms with Crippen LogP contribution in [0.3, 0.4) is 0 Å². The van der Waals surface area contributed by atoms with Gasteiger partial charge in [0.25, 0.3) is 0 Å². The van der Waals surface area contributed by atoms with Gasteiger partial charge in [0.15, 0.2) is 16.1 Å². The first-order valence-corrected chi connectivity index (χ1v) is 16.9. The molecule has 1 atom stereocenters. The van der Waals surface area contributed by atoms with Crippen LogP contribution in [0, 0.1) is 6.92 Å². The van der Waals surface area contributed by atoms with E-state index in [0.717, 1.165) is 65.6 Å². The van der Waals surface area contributed by atoms with Crippen molar-refractivity contribution in [2.24, 2.45) is 0 Å². The second-order valence-corrected chi connectivity index (χ2v) is 14.4. The van der Waals surface area contributed by atoms with Crippen LogP contribution < -0.4 is 10.6 Å². The van der Waals surface area contributed by atoms with E-state index in [9.17, 15) is 13.2 Å². The quantitative estimate of drug-likeness (QED) is 0.275. The molecule has 0 bridgehead atoms. The van der Waals surface area contributed by atoms with Gasteiger partial charge in [0, 0.05) is 37.4 Å². The fourth-order valence-corrected chi connectivity index (χ4v) is 6.39. The van der Waals surface area contributed by atoms with E-state index in [4.69, 9.17) is 24.3 Å². The van der Waals surface area contributed by atoms with Crippen LogP contribution >= 0.6 is 0 Å². The number of anilines is 1. The third kappa shape index (κ3) is 7.66. The van der Waals surface area contributed by atoms with Crippen molar-refractivity contribution >= 4 is 32.5 Å². The molecule has 11 nitrogen and oxygen atoms in total. The average molecular weight is 614 g/mol. The number of ether oxygens (including phenoxy) is 3. The number of pyridine rings is 1. The Morgan fingerprint density at radius 3 is 2.56 bits per heavy atom. The van der Waals surface area contributed by atoms with E-state index < -0.39 is 21.5 Å². The first kappa shape index (κ1) is 31.2. The van der Waals surface area contributed by atoms with E-state index >= 15 is 0 Å². The molecule has 0 spiro atoms. The van der Waals surface area contributed by atoms with E-state index in [1.165, 1.54) is 6.26 Å². The molecule has 12 heteroatoms. The number of carbonyl (C=O) groups is 1. The van der Waals surface area contributed by atoms with Gasteiger partial charge in [-0.1, -0.05) is 6.07 Å². The van der Waals surface area contributed by atoms with Crippen molar-refractivity contribution in [3.8, 4) is 11.3 Å². The van der Waals surface area contributed by atoms with Gasteiger partial charge in [0.05, 0.1) is 52.3 Å². The van der Waals surface area contributed by atoms with Crippen LogP contribution in [0.1, 0.15) is 76.3 Å². The smallest absolute Gasteiger partial charge is 0.407 e. The highest BCUT2D eigenvalue weighted by Gasteiger charge is 2.34. The van der Waals surface area contributed by atoms with Gasteiger partial charge in [-0.2, -0.15) is 5.10 Å². The van der Waals surface area contributed by atoms with Crippen molar-refractivity contribution in [3.05, 3.63) is 35.7 Å². The predicted molar refractivity (Wildman–Crippen MR) is 165 cm³/mol. The number of carbonyl (C=O) groups excluding carboxylic acids is 1. The second kappa shape index (κ2) is 12.8. The Labute approximate surface area is 253 Å². The lowest BCUT2D eigenvalue weighted by atomic mass is 10.0. The van der Waals surface area contributed by atoms with Crippen molar-refractivity contribution in [2.45, 2.75) is 82.4 Å². The second-order valence-electron chi connectivity index (χ2n) is 12.4. The Hall–Kier alpha value is -3.22. The number of fused-ring (bicyclic) bond motifs is 1. The Bertz CT molecular complexity index is 1570. The zero-order valence-corrected chi connectivity index (χ0v) is 26.6. The van der Waals surface area contributed by atoms with Gasteiger partial charge in [-0.25, -0.2) is 17.9 Å². The molecule has 1 aliphatic heterocycles. The molecule has 5 rings (SSSR count). The maximum Gasteiger partial charge on any atom is 0.407 e. The highest BCUT2D eigenvalue weighted by atomic mass is 32.2. The maximum atomic E-state index is 12.3. The summed E-state index contributed by atoms with van der Waals surface area (Å²) in [5.41, 5.74) is 4.58. The van der Waals surface area contributed by atoms with Gasteiger partial charge in [0.2, 0.25) is 0 Å². The SMILES string of the molecule is Cc1cc(-c2ncc(NCCOCCNC(=O)OC(C)(C)C)c3c2c(C2CC2)nn3C2CCCCO2)ccc1S(C)(=O)=O. The number of hydrogen-bond donors (Lipinski definition) is 2. The summed E-state index contributed by atoms with van der Waals surface area (Å²) >= 11 is 0. The molecule has 2 N–H and O–H groups in total. The van der Waals surface area contributed by atoms with Gasteiger partial charge in [-0.15, -0.1) is 0 Å². The number of nitrogens with zero attached hydrogens (tertiary/aromatic N) is 3. The number of sulfone groups is 1. The van der Waals surface area contributed by atoms with Gasteiger partial charge in [-0.05, 0) is 77.5 Å². The third-order valence-corrected chi connectivity index (χ3v) is 8.73. The number of aryl methyl sites for hydroxylation is 1. The fraction of sp³-hybridized carbons (Fsp3) is 0.581. The van der Waals surface area contributed by atoms with E-state index in [1.807, 2.05) is 50.7 Å². The first-order chi connectivity index (χ1) is 20.4. The molecular weight excluding hydrogens is 570 g/mol. The van der Waals surface area contributed by atoms with E-state index in [0.29, 0.717) is 49.3 Å². The van der Waals surface area contributed by atoms with Crippen LogP contribution in [0.2, 0.25) is 0 Å². The number of benzene rings is 1. The van der Waals surface area contributed by atoms with Crippen LogP contribution in [0.5, 0.6) is 0 Å². The molecule has 0 radical (unpaired) electrons. The normalized spacial score (nSPS) is 17.7. The van der Waals surface area contributed by atoms with Gasteiger partial charge in [0.1, 0.15) is 5.60 Å². The van der Waals surface area contributed by atoms with Crippen LogP contribution in [-0.4, -0.2) is 74.0 Å². The molecule has 1 saturated carbocycles. The van der Waals surface area contributed by atoms with Crippen molar-refractivity contribution in [1.29, 1.82) is 0 Å². The molecule has 2 fully saturated rings. The minimum atomic E-state index is -3.34. The summed E-state index contributed by atoms with van der Waals surface area (Å²) in [7, 11) is -3.34. The number of alkyl carbamates (subject to hydrolysis) is 1. The number of nitrogens with one attached hydrogen (secondary N) is 2. The molecule has 1 unspecified atom stereocenters. The lowest BCUT2D eigenvalue weighted by Gasteiger charge is -2.24. The monoisotopic (exact) mass is 613 g/mol. The molecule has 3 heterocycles. The summed E-state index contributed by atoms with van der Waals surface area (Å²) in [4.78, 5) is 17.1. The molecule has 1 saturated heterocycles. The summed E-state index contributed by atoms with van der Waals surface area (Å²) in [6, 6.07) is 5.40. The van der Waals surface area contributed by atoms with Crippen LogP contribution in [0.15, 0.2) is 29.3 Å². The molecule has 3 aromatic rings. The lowest BCUT2D eigenvalue weighted by molar-refractivity contribution is -0.0368. The zero-order valence-electron chi connectivity index (χ0n) is 25.7. The van der Waals surface area contributed by atoms with Gasteiger partial charge in [-0.3, -0.25) is 4.98 Å². The molecular formula is C31H43N5O6S. The van der Waals surface area contributed by atoms with E-state index in [-0.39, 0.29) is 6.23 Å². The topological polar surface area (TPSA) is 134 Å². The lowest BCUT2D eigenvalue weighted by Crippen LogP contribution is -2.34. The third-order valence-electron chi connectivity index (χ3n) is 7.47. The molecule has 1 amide bonds. The largest absolute Gasteiger partial charge is 0.444 e. The van der Waals surface area contributed by atoms with Crippen LogP contribution in [0.4, 0.5) is 10.5 Å². The average Bonchev–Trinajstić information content (AvgIpc) is 3.70. The number of rotatable bonds is 11. The fourth-order valence-electron chi connectivity index (χ4n) is 5.43. The standard InChI is InChI=1S/C31H43N5O6S/c1-20-18-22(11-12-24(20)43(5,38)39)27-26-28(21-9-10-21)35-36(25-8-6-7-15-41-25)29(26)23(19-34-27)32-13-16-40-17-14-33-30(37)42-31(2,3)4/h11-12,18-19,21,25,32H,6-10,13-17H2,1-5H3,(H,33,37). The summed E-state index contributed by atoms with van der Waals surface area (Å²) in [5.74, 6) is 0.361. The molecule has 1 aliphatic carbocycles. The summed E-state index contributed by atoms with van der Waals surface area (Å²) in [5, 5.41) is 12.3. The number of hydrogen-bond acceptors (Lipinski definition) is 9. The van der Waals surface area contributed by atoms with Crippen molar-refractivity contribution in [3.63, 3.8) is 0 Å². The molecule has 2 aliphatic rings. The molecule has 1 aromatic carbocycles. The summed E-state index contributed by atoms with van der Waals surface area (Å²) in [6.07, 6.45) is 7.56. The van der Waals surface area contributed by atoms with Gasteiger partial charge >= 0.3 is 6.09 Å². The van der Waals surface area contributed by atoms with E-state index in [1.54, 1.807) is 6.07 Å². The number of amides is 1. The highest BCUT2D eigenvalue weighted by molar-refractivity contribution is 7.90. The summed E-state index contributed by atoms with van der Waals surface area (Å²) < 4.78 is 43.7. The minimum absolute atomic E-state index is 0.163. The van der Waals surface area contributed by atoms with Crippen LogP contribution in [0.25, 0.3) is 22.2 Å². The van der Waals surface area contributed by atoms with Crippen molar-refractivity contribution in [1.82, 2.24) is 20.1 Å².